The molecule has 0 saturated heterocycles. The van der Waals surface area contributed by atoms with Crippen LogP contribution in [-0.4, -0.2) is 6.04 Å². The second-order valence-electron chi connectivity index (χ2n) is 5.73. The lowest BCUT2D eigenvalue weighted by atomic mass is 10.0. The maximum atomic E-state index is 6.06. The Balaban J connectivity index is 1.63. The maximum Gasteiger partial charge on any atom is 0.0445 e. The Labute approximate surface area is 130 Å². The van der Waals surface area contributed by atoms with E-state index in [2.05, 4.69) is 41.9 Å². The average molecular weight is 306 g/mol. The van der Waals surface area contributed by atoms with Crippen molar-refractivity contribution in [1.82, 2.24) is 5.32 Å². The van der Waals surface area contributed by atoms with E-state index in [1.807, 2.05) is 23.5 Å². The van der Waals surface area contributed by atoms with Crippen molar-refractivity contribution in [3.8, 4) is 0 Å². The van der Waals surface area contributed by atoms with E-state index in [0.29, 0.717) is 12.1 Å². The van der Waals surface area contributed by atoms with Gasteiger partial charge in [0.25, 0.3) is 0 Å². The van der Waals surface area contributed by atoms with Gasteiger partial charge < -0.3 is 5.32 Å². The fourth-order valence-corrected chi connectivity index (χ4v) is 3.82. The average Bonchev–Trinajstić information content (AvgIpc) is 3.10. The van der Waals surface area contributed by atoms with Crippen LogP contribution < -0.4 is 5.32 Å². The van der Waals surface area contributed by atoms with Crippen LogP contribution in [0, 0.1) is 5.92 Å². The van der Waals surface area contributed by atoms with Gasteiger partial charge in [0.1, 0.15) is 0 Å². The molecule has 0 aliphatic heterocycles. The molecule has 1 nitrogen and oxygen atoms in total. The van der Waals surface area contributed by atoms with Gasteiger partial charge in [0.15, 0.2) is 0 Å². The summed E-state index contributed by atoms with van der Waals surface area (Å²) in [4.78, 5) is 1.48. The second kappa shape index (κ2) is 6.30. The summed E-state index contributed by atoms with van der Waals surface area (Å²) in [6.45, 7) is 2.27. The molecule has 2 atom stereocenters. The normalized spacial score (nSPS) is 17.9. The maximum absolute atomic E-state index is 6.06. The van der Waals surface area contributed by atoms with Crippen LogP contribution in [0.1, 0.15) is 36.2 Å². The highest BCUT2D eigenvalue weighted by Crippen LogP contribution is 2.42. The van der Waals surface area contributed by atoms with E-state index in [0.717, 1.165) is 17.4 Å². The van der Waals surface area contributed by atoms with E-state index in [-0.39, 0.29) is 0 Å². The number of halogens is 1. The van der Waals surface area contributed by atoms with Gasteiger partial charge in [0.05, 0.1) is 0 Å². The predicted molar refractivity (Wildman–Crippen MR) is 87.5 cm³/mol. The van der Waals surface area contributed by atoms with E-state index >= 15 is 0 Å². The molecule has 0 radical (unpaired) electrons. The van der Waals surface area contributed by atoms with Crippen LogP contribution >= 0.6 is 22.9 Å². The molecule has 1 aromatic heterocycles. The molecule has 1 fully saturated rings. The highest BCUT2D eigenvalue weighted by molar-refractivity contribution is 7.10. The van der Waals surface area contributed by atoms with Crippen LogP contribution in [-0.2, 0) is 6.42 Å². The van der Waals surface area contributed by atoms with Gasteiger partial charge in [-0.15, -0.1) is 11.3 Å². The Kier molecular flexibility index (Phi) is 4.45. The molecule has 0 amide bonds. The fourth-order valence-electron chi connectivity index (χ4n) is 2.73. The van der Waals surface area contributed by atoms with Gasteiger partial charge in [-0.05, 0) is 61.2 Å². The standard InChI is InChI=1S/C17H20ClNS/c1-12(10-13-4-2-5-15(18)11-13)19-17(14-7-8-14)16-6-3-9-20-16/h2-6,9,11-12,14,17,19H,7-8,10H2,1H3. The number of benzene rings is 1. The first-order valence-electron chi connectivity index (χ1n) is 7.26. The quantitative estimate of drug-likeness (QED) is 0.785. The third kappa shape index (κ3) is 3.63. The Morgan fingerprint density at radius 1 is 1.30 bits per heavy atom. The van der Waals surface area contributed by atoms with Gasteiger partial charge in [-0.25, -0.2) is 0 Å². The van der Waals surface area contributed by atoms with Crippen molar-refractivity contribution < 1.29 is 0 Å². The minimum atomic E-state index is 0.459. The summed E-state index contributed by atoms with van der Waals surface area (Å²) in [6, 6.07) is 13.6. The molecule has 1 aliphatic rings. The topological polar surface area (TPSA) is 12.0 Å². The molecule has 3 heteroatoms. The molecule has 0 spiro atoms. The summed E-state index contributed by atoms with van der Waals surface area (Å²) in [5, 5.41) is 6.82. The van der Waals surface area contributed by atoms with Crippen LogP contribution in [0.3, 0.4) is 0 Å². The van der Waals surface area contributed by atoms with E-state index in [4.69, 9.17) is 11.6 Å². The molecular formula is C17H20ClNS. The van der Waals surface area contributed by atoms with Gasteiger partial charge in [-0.2, -0.15) is 0 Å². The number of hydrogen-bond acceptors (Lipinski definition) is 2. The van der Waals surface area contributed by atoms with Crippen molar-refractivity contribution in [1.29, 1.82) is 0 Å². The first-order chi connectivity index (χ1) is 9.72. The van der Waals surface area contributed by atoms with Gasteiger partial charge in [-0.3, -0.25) is 0 Å². The second-order valence-corrected chi connectivity index (χ2v) is 7.15. The minimum absolute atomic E-state index is 0.459. The number of thiophene rings is 1. The zero-order valence-electron chi connectivity index (χ0n) is 11.7. The van der Waals surface area contributed by atoms with Gasteiger partial charge >= 0.3 is 0 Å². The fraction of sp³-hybridized carbons (Fsp3) is 0.412. The lowest BCUT2D eigenvalue weighted by Gasteiger charge is -2.22. The molecule has 3 rings (SSSR count). The van der Waals surface area contributed by atoms with Crippen molar-refractivity contribution in [3.05, 3.63) is 57.2 Å². The molecule has 20 heavy (non-hydrogen) atoms. The van der Waals surface area contributed by atoms with E-state index in [1.165, 1.54) is 23.3 Å². The molecule has 1 N–H and O–H groups in total. The highest BCUT2D eigenvalue weighted by Gasteiger charge is 2.33. The Morgan fingerprint density at radius 2 is 2.15 bits per heavy atom. The zero-order chi connectivity index (χ0) is 13.9. The molecule has 2 aromatic rings. The van der Waals surface area contributed by atoms with Crippen molar-refractivity contribution >= 4 is 22.9 Å². The number of rotatable bonds is 6. The summed E-state index contributed by atoms with van der Waals surface area (Å²) >= 11 is 7.92. The van der Waals surface area contributed by atoms with Crippen molar-refractivity contribution in [2.24, 2.45) is 5.92 Å². The third-order valence-corrected chi connectivity index (χ3v) is 5.03. The molecule has 1 aliphatic carbocycles. The van der Waals surface area contributed by atoms with Crippen molar-refractivity contribution in [2.45, 2.75) is 38.3 Å². The lowest BCUT2D eigenvalue weighted by Crippen LogP contribution is -2.33. The van der Waals surface area contributed by atoms with Crippen LogP contribution in [0.5, 0.6) is 0 Å². The van der Waals surface area contributed by atoms with Gasteiger partial charge in [0.2, 0.25) is 0 Å². The molecule has 2 unspecified atom stereocenters. The molecule has 106 valence electrons. The number of nitrogens with one attached hydrogen (secondary N) is 1. The lowest BCUT2D eigenvalue weighted by molar-refractivity contribution is 0.422. The van der Waals surface area contributed by atoms with Crippen LogP contribution in [0.2, 0.25) is 5.02 Å². The molecule has 1 aromatic carbocycles. The molecule has 1 saturated carbocycles. The molecule has 1 heterocycles. The van der Waals surface area contributed by atoms with Crippen molar-refractivity contribution in [3.63, 3.8) is 0 Å². The van der Waals surface area contributed by atoms with Gasteiger partial charge in [-0.1, -0.05) is 29.8 Å². The Hall–Kier alpha value is -0.830. The molecular weight excluding hydrogens is 286 g/mol. The minimum Gasteiger partial charge on any atom is -0.306 e. The van der Waals surface area contributed by atoms with E-state index in [9.17, 15) is 0 Å². The highest BCUT2D eigenvalue weighted by atomic mass is 35.5. The van der Waals surface area contributed by atoms with Crippen LogP contribution in [0.25, 0.3) is 0 Å². The summed E-state index contributed by atoms with van der Waals surface area (Å²) in [5.41, 5.74) is 1.30. The van der Waals surface area contributed by atoms with Crippen LogP contribution in [0.4, 0.5) is 0 Å². The summed E-state index contributed by atoms with van der Waals surface area (Å²) in [5.74, 6) is 0.829. The summed E-state index contributed by atoms with van der Waals surface area (Å²) in [7, 11) is 0. The summed E-state index contributed by atoms with van der Waals surface area (Å²) < 4.78 is 0. The number of hydrogen-bond donors (Lipinski definition) is 1. The zero-order valence-corrected chi connectivity index (χ0v) is 13.3. The van der Waals surface area contributed by atoms with Gasteiger partial charge in [0, 0.05) is 22.0 Å². The first-order valence-corrected chi connectivity index (χ1v) is 8.52. The Morgan fingerprint density at radius 3 is 2.80 bits per heavy atom. The third-order valence-electron chi connectivity index (χ3n) is 3.84. The monoisotopic (exact) mass is 305 g/mol. The summed E-state index contributed by atoms with van der Waals surface area (Å²) in [6.07, 6.45) is 3.74. The molecule has 0 bridgehead atoms. The SMILES string of the molecule is CC(Cc1cccc(Cl)c1)NC(c1cccs1)C1CC1. The largest absolute Gasteiger partial charge is 0.306 e. The Bertz CT molecular complexity index is 548. The van der Waals surface area contributed by atoms with Crippen LogP contribution in [0.15, 0.2) is 41.8 Å². The first kappa shape index (κ1) is 14.1. The predicted octanol–water partition coefficient (Wildman–Crippen LogP) is 5.07. The van der Waals surface area contributed by atoms with E-state index < -0.39 is 0 Å². The van der Waals surface area contributed by atoms with Crippen molar-refractivity contribution in [2.75, 3.05) is 0 Å². The smallest absolute Gasteiger partial charge is 0.0445 e. The van der Waals surface area contributed by atoms with E-state index in [1.54, 1.807) is 0 Å².